The third kappa shape index (κ3) is 3.35. The normalized spacial score (nSPS) is 11.8. The van der Waals surface area contributed by atoms with Gasteiger partial charge >= 0.3 is 10.1 Å². The summed E-state index contributed by atoms with van der Waals surface area (Å²) < 4.78 is 30.5. The van der Waals surface area contributed by atoms with Gasteiger partial charge in [-0.3, -0.25) is 0 Å². The number of nitrogens with one attached hydrogen (secondary N) is 1. The van der Waals surface area contributed by atoms with E-state index in [2.05, 4.69) is 5.48 Å². The summed E-state index contributed by atoms with van der Waals surface area (Å²) in [4.78, 5) is 1.02. The number of aryl methyl sites for hydroxylation is 2. The molecule has 0 aliphatic rings. The smallest absolute Gasteiger partial charge is 0.247 e. The molecule has 0 aliphatic carbocycles. The van der Waals surface area contributed by atoms with Gasteiger partial charge in [0.05, 0.1) is 10.6 Å². The van der Waals surface area contributed by atoms with E-state index in [0.29, 0.717) is 10.7 Å². The maximum Gasteiger partial charge on any atom is 0.317 e. The van der Waals surface area contributed by atoms with Crippen LogP contribution in [0.1, 0.15) is 10.4 Å². The van der Waals surface area contributed by atoms with Crippen molar-refractivity contribution in [1.29, 1.82) is 0 Å². The monoisotopic (exact) mass is 367 g/mol. The molecule has 0 saturated carbocycles. The van der Waals surface area contributed by atoms with Crippen molar-refractivity contribution in [2.45, 2.75) is 18.7 Å². The van der Waals surface area contributed by atoms with Crippen molar-refractivity contribution in [2.75, 3.05) is 5.48 Å². The lowest BCUT2D eigenvalue weighted by atomic mass is 10.2. The number of thiophene rings is 1. The molecule has 0 unspecified atom stereocenters. The Labute approximate surface area is 143 Å². The van der Waals surface area contributed by atoms with Gasteiger partial charge in [-0.15, -0.1) is 15.6 Å². The van der Waals surface area contributed by atoms with Crippen molar-refractivity contribution in [3.05, 3.63) is 57.9 Å². The fourth-order valence-corrected chi connectivity index (χ4v) is 4.09. The molecule has 1 aromatic heterocycles. The Morgan fingerprint density at radius 1 is 1.09 bits per heavy atom. The van der Waals surface area contributed by atoms with Gasteiger partial charge in [-0.25, -0.2) is 5.48 Å². The highest BCUT2D eigenvalue weighted by Gasteiger charge is 2.18. The molecule has 0 bridgehead atoms. The zero-order chi connectivity index (χ0) is 16.6. The number of benzene rings is 2. The first-order valence-electron chi connectivity index (χ1n) is 6.81. The van der Waals surface area contributed by atoms with Crippen molar-refractivity contribution in [2.24, 2.45) is 0 Å². The van der Waals surface area contributed by atoms with Gasteiger partial charge in [-0.2, -0.15) is 8.42 Å². The fraction of sp³-hybridized carbons (Fsp3) is 0.125. The van der Waals surface area contributed by atoms with Gasteiger partial charge in [0, 0.05) is 20.0 Å². The molecule has 120 valence electrons. The van der Waals surface area contributed by atoms with Crippen LogP contribution in [0.2, 0.25) is 5.02 Å². The van der Waals surface area contributed by atoms with Crippen molar-refractivity contribution in [3.8, 4) is 0 Å². The van der Waals surface area contributed by atoms with Crippen LogP contribution in [0.25, 0.3) is 10.1 Å². The molecule has 1 heterocycles. The molecule has 0 aliphatic heterocycles. The van der Waals surface area contributed by atoms with Gasteiger partial charge in [0.2, 0.25) is 0 Å². The molecular weight excluding hydrogens is 354 g/mol. The van der Waals surface area contributed by atoms with Crippen LogP contribution in [0, 0.1) is 13.8 Å². The molecule has 3 rings (SSSR count). The second kappa shape index (κ2) is 6.13. The number of rotatable bonds is 4. The molecule has 0 atom stereocenters. The van der Waals surface area contributed by atoms with Crippen LogP contribution in [0.3, 0.4) is 0 Å². The highest BCUT2D eigenvalue weighted by atomic mass is 35.5. The van der Waals surface area contributed by atoms with Crippen molar-refractivity contribution < 1.29 is 12.7 Å². The van der Waals surface area contributed by atoms with E-state index in [4.69, 9.17) is 15.9 Å². The van der Waals surface area contributed by atoms with Gasteiger partial charge in [-0.1, -0.05) is 29.3 Å². The summed E-state index contributed by atoms with van der Waals surface area (Å²) in [7, 11) is -3.89. The molecule has 7 heteroatoms. The average Bonchev–Trinajstić information content (AvgIpc) is 2.80. The van der Waals surface area contributed by atoms with Crippen LogP contribution in [0.4, 0.5) is 5.69 Å². The summed E-state index contributed by atoms with van der Waals surface area (Å²) in [5.74, 6) is 0. The number of hydrogen-bond donors (Lipinski definition) is 1. The molecular formula is C16H14ClNO3S2. The molecule has 0 saturated heterocycles. The molecule has 23 heavy (non-hydrogen) atoms. The lowest BCUT2D eigenvalue weighted by Gasteiger charge is -2.08. The largest absolute Gasteiger partial charge is 0.317 e. The first-order chi connectivity index (χ1) is 10.9. The summed E-state index contributed by atoms with van der Waals surface area (Å²) in [6, 6.07) is 12.0. The Morgan fingerprint density at radius 3 is 2.48 bits per heavy atom. The Balaban J connectivity index is 1.89. The third-order valence-corrected chi connectivity index (χ3v) is 5.86. The second-order valence-electron chi connectivity index (χ2n) is 5.13. The van der Waals surface area contributed by atoms with Gasteiger partial charge < -0.3 is 0 Å². The standard InChI is InChI=1S/C16H14ClNO3S2/c1-10-3-6-13(7-4-10)23(19,20)21-18-16-11(2)22-15-8-5-12(17)9-14(15)16/h3-9,18H,1-2H3. The second-order valence-corrected chi connectivity index (χ2v) is 8.37. The molecule has 0 amide bonds. The Kier molecular flexibility index (Phi) is 4.33. The summed E-state index contributed by atoms with van der Waals surface area (Å²) in [5, 5.41) is 1.42. The van der Waals surface area contributed by atoms with Gasteiger partial charge in [0.1, 0.15) is 0 Å². The van der Waals surface area contributed by atoms with Crippen LogP contribution in [0.5, 0.6) is 0 Å². The lowest BCUT2D eigenvalue weighted by molar-refractivity contribution is 0.391. The average molecular weight is 368 g/mol. The van der Waals surface area contributed by atoms with E-state index in [9.17, 15) is 8.42 Å². The molecule has 0 spiro atoms. The molecule has 0 radical (unpaired) electrons. The predicted octanol–water partition coefficient (Wildman–Crippen LogP) is 4.90. The quantitative estimate of drug-likeness (QED) is 0.666. The van der Waals surface area contributed by atoms with E-state index in [-0.39, 0.29) is 4.90 Å². The van der Waals surface area contributed by atoms with E-state index in [0.717, 1.165) is 20.5 Å². The van der Waals surface area contributed by atoms with E-state index in [1.54, 1.807) is 24.3 Å². The van der Waals surface area contributed by atoms with Gasteiger partial charge in [-0.05, 0) is 44.2 Å². The first kappa shape index (κ1) is 16.3. The van der Waals surface area contributed by atoms with Crippen LogP contribution in [-0.2, 0) is 14.4 Å². The SMILES string of the molecule is Cc1ccc(S(=O)(=O)ONc2c(C)sc3ccc(Cl)cc23)cc1. The summed E-state index contributed by atoms with van der Waals surface area (Å²) in [6.07, 6.45) is 0. The van der Waals surface area contributed by atoms with E-state index < -0.39 is 10.1 Å². The maximum absolute atomic E-state index is 12.2. The zero-order valence-corrected chi connectivity index (χ0v) is 14.8. The molecule has 1 N–H and O–H groups in total. The Hall–Kier alpha value is -1.60. The van der Waals surface area contributed by atoms with Gasteiger partial charge in [0.15, 0.2) is 0 Å². The molecule has 2 aromatic carbocycles. The highest BCUT2D eigenvalue weighted by Crippen LogP contribution is 2.37. The van der Waals surface area contributed by atoms with E-state index in [1.807, 2.05) is 19.9 Å². The lowest BCUT2D eigenvalue weighted by Crippen LogP contribution is -2.11. The van der Waals surface area contributed by atoms with Crippen LogP contribution in [0.15, 0.2) is 47.4 Å². The minimum absolute atomic E-state index is 0.103. The summed E-state index contributed by atoms with van der Waals surface area (Å²) in [6.45, 7) is 3.78. The molecule has 3 aromatic rings. The van der Waals surface area contributed by atoms with Gasteiger partial charge in [0.25, 0.3) is 0 Å². The van der Waals surface area contributed by atoms with E-state index in [1.165, 1.54) is 23.5 Å². The first-order valence-corrected chi connectivity index (χ1v) is 9.42. The minimum atomic E-state index is -3.89. The fourth-order valence-electron chi connectivity index (χ4n) is 2.17. The number of fused-ring (bicyclic) bond motifs is 1. The van der Waals surface area contributed by atoms with Crippen molar-refractivity contribution >= 4 is 48.8 Å². The summed E-state index contributed by atoms with van der Waals surface area (Å²) >= 11 is 7.56. The van der Waals surface area contributed by atoms with Crippen LogP contribution in [-0.4, -0.2) is 8.42 Å². The van der Waals surface area contributed by atoms with Crippen LogP contribution < -0.4 is 5.48 Å². The Bertz CT molecular complexity index is 963. The number of halogens is 1. The predicted molar refractivity (Wildman–Crippen MR) is 94.6 cm³/mol. The Morgan fingerprint density at radius 2 is 1.78 bits per heavy atom. The van der Waals surface area contributed by atoms with Crippen molar-refractivity contribution in [3.63, 3.8) is 0 Å². The zero-order valence-electron chi connectivity index (χ0n) is 12.5. The molecule has 4 nitrogen and oxygen atoms in total. The van der Waals surface area contributed by atoms with Crippen LogP contribution >= 0.6 is 22.9 Å². The van der Waals surface area contributed by atoms with Crippen molar-refractivity contribution in [1.82, 2.24) is 0 Å². The maximum atomic E-state index is 12.2. The minimum Gasteiger partial charge on any atom is -0.247 e. The topological polar surface area (TPSA) is 55.4 Å². The van der Waals surface area contributed by atoms with E-state index >= 15 is 0 Å². The number of hydrogen-bond acceptors (Lipinski definition) is 5. The molecule has 0 fully saturated rings. The summed E-state index contributed by atoms with van der Waals surface area (Å²) in [5.41, 5.74) is 4.17. The number of anilines is 1. The highest BCUT2D eigenvalue weighted by molar-refractivity contribution is 7.86. The third-order valence-electron chi connectivity index (χ3n) is 3.39.